The number of rotatable bonds is 7. The van der Waals surface area contributed by atoms with E-state index in [9.17, 15) is 0 Å². The maximum Gasteiger partial charge on any atom is 0.136 e. The molecule has 1 heterocycles. The Hall–Kier alpha value is -2.63. The van der Waals surface area contributed by atoms with Crippen molar-refractivity contribution in [2.75, 3.05) is 33.5 Å². The number of hydrogen-bond acceptors (Lipinski definition) is 5. The van der Waals surface area contributed by atoms with Gasteiger partial charge in [-0.1, -0.05) is 12.1 Å². The lowest BCUT2D eigenvalue weighted by atomic mass is 10.1. The van der Waals surface area contributed by atoms with Crippen LogP contribution in [0.2, 0.25) is 0 Å². The zero-order valence-corrected chi connectivity index (χ0v) is 14.1. The summed E-state index contributed by atoms with van der Waals surface area (Å²) in [5, 5.41) is 10.6. The predicted octanol–water partition coefficient (Wildman–Crippen LogP) is 3.02. The molecule has 0 bridgehead atoms. The molecular weight excluding hydrogens is 318 g/mol. The first-order valence-electron chi connectivity index (χ1n) is 8.18. The molecule has 0 saturated carbocycles. The Kier molecular flexibility index (Phi) is 5.82. The van der Waals surface area contributed by atoms with Gasteiger partial charge in [-0.25, -0.2) is 0 Å². The van der Waals surface area contributed by atoms with E-state index >= 15 is 0 Å². The van der Waals surface area contributed by atoms with Gasteiger partial charge in [-0.2, -0.15) is 0 Å². The second-order valence-corrected chi connectivity index (χ2v) is 5.44. The molecule has 3 rings (SSSR count). The average Bonchev–Trinajstić information content (AvgIpc) is 2.67. The SMILES string of the molecule is COc1ccc(-c2cc(=NCCOCCO)c3ccccc3o2)cc1. The number of aliphatic hydroxyl groups is 1. The van der Waals surface area contributed by atoms with E-state index in [1.165, 1.54) is 0 Å². The first-order chi connectivity index (χ1) is 12.3. The van der Waals surface area contributed by atoms with Crippen LogP contribution < -0.4 is 10.1 Å². The van der Waals surface area contributed by atoms with E-state index in [1.54, 1.807) is 7.11 Å². The summed E-state index contributed by atoms with van der Waals surface area (Å²) in [5.41, 5.74) is 1.74. The van der Waals surface area contributed by atoms with Crippen LogP contribution in [-0.4, -0.2) is 38.6 Å². The molecule has 130 valence electrons. The number of fused-ring (bicyclic) bond motifs is 1. The molecule has 0 aliphatic heterocycles. The fourth-order valence-corrected chi connectivity index (χ4v) is 2.54. The summed E-state index contributed by atoms with van der Waals surface area (Å²) in [5.74, 6) is 1.55. The van der Waals surface area contributed by atoms with E-state index in [4.69, 9.17) is 19.0 Å². The van der Waals surface area contributed by atoms with Gasteiger partial charge in [0.15, 0.2) is 0 Å². The summed E-state index contributed by atoms with van der Waals surface area (Å²) in [7, 11) is 1.64. The molecule has 2 aromatic carbocycles. The fraction of sp³-hybridized carbons (Fsp3) is 0.250. The number of nitrogens with zero attached hydrogens (tertiary/aromatic N) is 1. The van der Waals surface area contributed by atoms with Gasteiger partial charge in [0.1, 0.15) is 17.1 Å². The van der Waals surface area contributed by atoms with Crippen molar-refractivity contribution in [3.8, 4) is 17.1 Å². The maximum atomic E-state index is 8.75. The Morgan fingerprint density at radius 3 is 2.60 bits per heavy atom. The van der Waals surface area contributed by atoms with Crippen LogP contribution in [0, 0.1) is 0 Å². The Bertz CT molecular complexity index is 884. The van der Waals surface area contributed by atoms with Crippen molar-refractivity contribution >= 4 is 11.0 Å². The lowest BCUT2D eigenvalue weighted by Crippen LogP contribution is -2.09. The third kappa shape index (κ3) is 4.26. The highest BCUT2D eigenvalue weighted by molar-refractivity contribution is 5.78. The molecule has 0 fully saturated rings. The second kappa shape index (κ2) is 8.46. The van der Waals surface area contributed by atoms with Gasteiger partial charge < -0.3 is 19.0 Å². The molecule has 1 aromatic heterocycles. The minimum atomic E-state index is 0.0226. The van der Waals surface area contributed by atoms with Crippen LogP contribution in [0.1, 0.15) is 0 Å². The van der Waals surface area contributed by atoms with Crippen molar-refractivity contribution in [3.63, 3.8) is 0 Å². The molecule has 5 nitrogen and oxygen atoms in total. The number of aliphatic hydroxyl groups excluding tert-OH is 1. The van der Waals surface area contributed by atoms with Crippen LogP contribution in [0.25, 0.3) is 22.3 Å². The van der Waals surface area contributed by atoms with Crippen molar-refractivity contribution in [3.05, 3.63) is 60.0 Å². The van der Waals surface area contributed by atoms with Crippen LogP contribution in [0.3, 0.4) is 0 Å². The summed E-state index contributed by atoms with van der Waals surface area (Å²) in [6.07, 6.45) is 0. The zero-order valence-electron chi connectivity index (χ0n) is 14.1. The van der Waals surface area contributed by atoms with Crippen LogP contribution in [-0.2, 0) is 4.74 Å². The van der Waals surface area contributed by atoms with Crippen molar-refractivity contribution in [1.29, 1.82) is 0 Å². The standard InChI is InChI=1S/C20H21NO4/c1-23-16-8-6-15(7-9-16)20-14-18(21-10-12-24-13-11-22)17-4-2-3-5-19(17)25-20/h2-9,14,22H,10-13H2,1H3. The molecule has 1 N–H and O–H groups in total. The molecule has 0 aliphatic rings. The van der Waals surface area contributed by atoms with E-state index in [0.29, 0.717) is 19.8 Å². The van der Waals surface area contributed by atoms with E-state index < -0.39 is 0 Å². The lowest BCUT2D eigenvalue weighted by molar-refractivity contribution is 0.0975. The first-order valence-corrected chi connectivity index (χ1v) is 8.18. The predicted molar refractivity (Wildman–Crippen MR) is 96.5 cm³/mol. The third-order valence-corrected chi connectivity index (χ3v) is 3.78. The number of ether oxygens (including phenoxy) is 2. The van der Waals surface area contributed by atoms with Crippen LogP contribution >= 0.6 is 0 Å². The van der Waals surface area contributed by atoms with Crippen molar-refractivity contribution in [1.82, 2.24) is 0 Å². The Labute approximate surface area is 146 Å². The fourth-order valence-electron chi connectivity index (χ4n) is 2.54. The molecule has 0 atom stereocenters. The van der Waals surface area contributed by atoms with Crippen LogP contribution in [0.4, 0.5) is 0 Å². The van der Waals surface area contributed by atoms with Gasteiger partial charge in [-0.15, -0.1) is 0 Å². The van der Waals surface area contributed by atoms with Gasteiger partial charge in [-0.05, 0) is 36.4 Å². The van der Waals surface area contributed by atoms with Gasteiger partial charge in [0.05, 0.1) is 38.8 Å². The maximum absolute atomic E-state index is 8.75. The van der Waals surface area contributed by atoms with Gasteiger partial charge in [0, 0.05) is 17.0 Å². The summed E-state index contributed by atoms with van der Waals surface area (Å²) >= 11 is 0. The highest BCUT2D eigenvalue weighted by Crippen LogP contribution is 2.24. The molecule has 0 spiro atoms. The van der Waals surface area contributed by atoms with Crippen molar-refractivity contribution < 1.29 is 19.0 Å². The number of methoxy groups -OCH3 is 1. The molecule has 5 heteroatoms. The molecule has 0 saturated heterocycles. The van der Waals surface area contributed by atoms with Crippen molar-refractivity contribution in [2.45, 2.75) is 0 Å². The van der Waals surface area contributed by atoms with Gasteiger partial charge in [0.2, 0.25) is 0 Å². The average molecular weight is 339 g/mol. The Balaban J connectivity index is 1.98. The van der Waals surface area contributed by atoms with Gasteiger partial charge in [0.25, 0.3) is 0 Å². The minimum Gasteiger partial charge on any atom is -0.497 e. The number of benzene rings is 2. The second-order valence-electron chi connectivity index (χ2n) is 5.44. The third-order valence-electron chi connectivity index (χ3n) is 3.78. The Morgan fingerprint density at radius 1 is 1.04 bits per heavy atom. The molecule has 3 aromatic rings. The minimum absolute atomic E-state index is 0.0226. The van der Waals surface area contributed by atoms with Crippen LogP contribution in [0.15, 0.2) is 64.0 Å². The molecule has 0 unspecified atom stereocenters. The molecule has 0 radical (unpaired) electrons. The van der Waals surface area contributed by atoms with Gasteiger partial charge in [-0.3, -0.25) is 4.99 Å². The number of para-hydroxylation sites is 1. The lowest BCUT2D eigenvalue weighted by Gasteiger charge is -2.06. The molecule has 25 heavy (non-hydrogen) atoms. The number of hydrogen-bond donors (Lipinski definition) is 1. The topological polar surface area (TPSA) is 64.2 Å². The molecule has 0 aliphatic carbocycles. The van der Waals surface area contributed by atoms with E-state index in [1.807, 2.05) is 54.6 Å². The molecule has 0 amide bonds. The highest BCUT2D eigenvalue weighted by atomic mass is 16.5. The zero-order chi connectivity index (χ0) is 17.5. The Morgan fingerprint density at radius 2 is 1.84 bits per heavy atom. The van der Waals surface area contributed by atoms with Crippen LogP contribution in [0.5, 0.6) is 5.75 Å². The summed E-state index contributed by atoms with van der Waals surface area (Å²) in [6, 6.07) is 17.5. The monoisotopic (exact) mass is 339 g/mol. The first kappa shape index (κ1) is 17.2. The smallest absolute Gasteiger partial charge is 0.136 e. The van der Waals surface area contributed by atoms with Gasteiger partial charge >= 0.3 is 0 Å². The summed E-state index contributed by atoms with van der Waals surface area (Å²) < 4.78 is 16.5. The summed E-state index contributed by atoms with van der Waals surface area (Å²) in [4.78, 5) is 4.63. The normalized spacial score (nSPS) is 11.8. The molecular formula is C20H21NO4. The quantitative estimate of drug-likeness (QED) is 0.672. The van der Waals surface area contributed by atoms with Crippen molar-refractivity contribution in [2.24, 2.45) is 4.99 Å². The largest absolute Gasteiger partial charge is 0.497 e. The summed E-state index contributed by atoms with van der Waals surface area (Å²) in [6.45, 7) is 1.35. The van der Waals surface area contributed by atoms with E-state index in [-0.39, 0.29) is 6.61 Å². The van der Waals surface area contributed by atoms with E-state index in [0.717, 1.165) is 33.4 Å². The highest BCUT2D eigenvalue weighted by Gasteiger charge is 2.06. The van der Waals surface area contributed by atoms with E-state index in [2.05, 4.69) is 4.99 Å².